The molecule has 0 unspecified atom stereocenters. The van der Waals surface area contributed by atoms with Crippen molar-refractivity contribution in [1.82, 2.24) is 20.1 Å². The van der Waals surface area contributed by atoms with Gasteiger partial charge in [-0.2, -0.15) is 0 Å². The second kappa shape index (κ2) is 11.5. The average Bonchev–Trinajstić information content (AvgIpc) is 3.24. The van der Waals surface area contributed by atoms with Crippen LogP contribution in [-0.2, 0) is 12.3 Å². The van der Waals surface area contributed by atoms with Crippen molar-refractivity contribution in [3.05, 3.63) is 93.7 Å². The average molecular weight is 528 g/mol. The number of benzene rings is 3. The molecule has 0 spiro atoms. The molecule has 2 N–H and O–H groups in total. The molecule has 2 amide bonds. The molecule has 3 aromatic carbocycles. The summed E-state index contributed by atoms with van der Waals surface area (Å²) in [6.45, 7) is 2.18. The number of hydrogen-bond donors (Lipinski definition) is 2. The number of amides is 2. The van der Waals surface area contributed by atoms with Crippen molar-refractivity contribution in [2.45, 2.75) is 24.4 Å². The number of anilines is 1. The van der Waals surface area contributed by atoms with E-state index in [0.717, 1.165) is 0 Å². The first kappa shape index (κ1) is 24.9. The maximum Gasteiger partial charge on any atom is 0.319 e. The van der Waals surface area contributed by atoms with Crippen molar-refractivity contribution in [3.63, 3.8) is 0 Å². The van der Waals surface area contributed by atoms with Gasteiger partial charge in [-0.05, 0) is 42.8 Å². The number of hydrogen-bond acceptors (Lipinski definition) is 5. The Bertz CT molecular complexity index is 1350. The highest BCUT2D eigenvalue weighted by atomic mass is 35.5. The normalized spacial score (nSPS) is 10.7. The Morgan fingerprint density at radius 3 is 2.66 bits per heavy atom. The van der Waals surface area contributed by atoms with Gasteiger partial charge in [-0.25, -0.2) is 4.79 Å². The van der Waals surface area contributed by atoms with Crippen LogP contribution in [0, 0.1) is 6.92 Å². The lowest BCUT2D eigenvalue weighted by molar-refractivity contribution is 0.251. The minimum atomic E-state index is -0.403. The molecule has 0 saturated carbocycles. The van der Waals surface area contributed by atoms with Gasteiger partial charge in [0.05, 0.1) is 30.1 Å². The van der Waals surface area contributed by atoms with Gasteiger partial charge in [0.1, 0.15) is 5.75 Å². The summed E-state index contributed by atoms with van der Waals surface area (Å²) in [5.74, 6) is 1.79. The van der Waals surface area contributed by atoms with E-state index in [0.29, 0.717) is 43.9 Å². The minimum absolute atomic E-state index is 0.123. The summed E-state index contributed by atoms with van der Waals surface area (Å²) < 4.78 is 7.12. The smallest absolute Gasteiger partial charge is 0.319 e. The van der Waals surface area contributed by atoms with E-state index in [1.807, 2.05) is 28.8 Å². The third kappa shape index (κ3) is 6.28. The molecule has 4 rings (SSSR count). The van der Waals surface area contributed by atoms with E-state index in [1.54, 1.807) is 31.4 Å². The topological polar surface area (TPSA) is 81.1 Å². The number of rotatable bonds is 8. The number of urea groups is 1. The predicted molar refractivity (Wildman–Crippen MR) is 141 cm³/mol. The van der Waals surface area contributed by atoms with Gasteiger partial charge in [0.15, 0.2) is 11.0 Å². The summed E-state index contributed by atoms with van der Waals surface area (Å²) >= 11 is 14.2. The van der Waals surface area contributed by atoms with Gasteiger partial charge >= 0.3 is 6.03 Å². The maximum atomic E-state index is 12.6. The number of nitrogens with zero attached hydrogens (tertiary/aromatic N) is 3. The van der Waals surface area contributed by atoms with Crippen molar-refractivity contribution in [2.24, 2.45) is 0 Å². The molecule has 0 aliphatic heterocycles. The van der Waals surface area contributed by atoms with Crippen LogP contribution in [-0.4, -0.2) is 27.9 Å². The quantitative estimate of drug-likeness (QED) is 0.255. The van der Waals surface area contributed by atoms with E-state index in [4.69, 9.17) is 27.9 Å². The number of nitrogens with one attached hydrogen (secondary N) is 2. The van der Waals surface area contributed by atoms with Crippen LogP contribution in [0.5, 0.6) is 5.75 Å². The van der Waals surface area contributed by atoms with Gasteiger partial charge in [-0.1, -0.05) is 76.9 Å². The zero-order valence-electron chi connectivity index (χ0n) is 19.1. The molecular formula is C25H23Cl2N5O2S. The Labute approximate surface area is 217 Å². The number of halogens is 2. The summed E-state index contributed by atoms with van der Waals surface area (Å²) in [7, 11) is 1.55. The lowest BCUT2D eigenvalue weighted by atomic mass is 10.2. The number of aromatic nitrogens is 3. The fourth-order valence-electron chi connectivity index (χ4n) is 3.44. The summed E-state index contributed by atoms with van der Waals surface area (Å²) in [6.07, 6.45) is 0. The van der Waals surface area contributed by atoms with E-state index in [2.05, 4.69) is 46.0 Å². The van der Waals surface area contributed by atoms with Gasteiger partial charge in [0.2, 0.25) is 0 Å². The standard InChI is InChI=1S/C25H23Cl2N5O2S/c1-16-6-5-7-17(12-16)15-35-25-31-30-23(32(25)21-11-10-18(26)13-19(21)27)14-28-24(33)29-20-8-3-4-9-22(20)34-2/h3-13H,14-15H2,1-2H3,(H2,28,29,33). The second-order valence-electron chi connectivity index (χ2n) is 7.62. The Morgan fingerprint density at radius 2 is 1.89 bits per heavy atom. The molecule has 1 aromatic heterocycles. The van der Waals surface area contributed by atoms with Crippen LogP contribution in [0.1, 0.15) is 17.0 Å². The zero-order valence-corrected chi connectivity index (χ0v) is 21.4. The maximum absolute atomic E-state index is 12.6. The van der Waals surface area contributed by atoms with Crippen LogP contribution >= 0.6 is 35.0 Å². The highest BCUT2D eigenvalue weighted by molar-refractivity contribution is 7.98. The van der Waals surface area contributed by atoms with Crippen LogP contribution in [0.15, 0.2) is 71.9 Å². The number of methoxy groups -OCH3 is 1. The molecule has 0 aliphatic rings. The van der Waals surface area contributed by atoms with Gasteiger partial charge in [0.25, 0.3) is 0 Å². The van der Waals surface area contributed by atoms with Crippen molar-refractivity contribution in [1.29, 1.82) is 0 Å². The summed E-state index contributed by atoms with van der Waals surface area (Å²) in [5, 5.41) is 16.0. The van der Waals surface area contributed by atoms with Crippen LogP contribution in [0.4, 0.5) is 10.5 Å². The number of para-hydroxylation sites is 2. The van der Waals surface area contributed by atoms with E-state index >= 15 is 0 Å². The monoisotopic (exact) mass is 527 g/mol. The van der Waals surface area contributed by atoms with Gasteiger partial charge in [-0.3, -0.25) is 4.57 Å². The Kier molecular flexibility index (Phi) is 8.17. The summed E-state index contributed by atoms with van der Waals surface area (Å²) in [6, 6.07) is 20.3. The van der Waals surface area contributed by atoms with Gasteiger partial charge in [0, 0.05) is 10.8 Å². The molecule has 0 aliphatic carbocycles. The third-order valence-corrected chi connectivity index (χ3v) is 6.60. The van der Waals surface area contributed by atoms with Crippen molar-refractivity contribution in [2.75, 3.05) is 12.4 Å². The Balaban J connectivity index is 1.56. The van der Waals surface area contributed by atoms with E-state index in [-0.39, 0.29) is 6.54 Å². The molecular weight excluding hydrogens is 505 g/mol. The highest BCUT2D eigenvalue weighted by Crippen LogP contribution is 2.31. The molecule has 10 heteroatoms. The fraction of sp³-hybridized carbons (Fsp3) is 0.160. The molecule has 7 nitrogen and oxygen atoms in total. The second-order valence-corrected chi connectivity index (χ2v) is 9.40. The van der Waals surface area contributed by atoms with Gasteiger partial charge in [-0.15, -0.1) is 10.2 Å². The largest absolute Gasteiger partial charge is 0.495 e. The molecule has 0 atom stereocenters. The summed E-state index contributed by atoms with van der Waals surface area (Å²) in [5.41, 5.74) is 3.60. The molecule has 0 fully saturated rings. The third-order valence-electron chi connectivity index (χ3n) is 5.06. The van der Waals surface area contributed by atoms with Crippen LogP contribution in [0.2, 0.25) is 10.0 Å². The molecule has 1 heterocycles. The van der Waals surface area contributed by atoms with Crippen LogP contribution in [0.25, 0.3) is 5.69 Å². The van der Waals surface area contributed by atoms with Crippen LogP contribution in [0.3, 0.4) is 0 Å². The molecule has 0 saturated heterocycles. The molecule has 0 bridgehead atoms. The first-order valence-corrected chi connectivity index (χ1v) is 12.4. The molecule has 35 heavy (non-hydrogen) atoms. The lowest BCUT2D eigenvalue weighted by Crippen LogP contribution is -2.29. The highest BCUT2D eigenvalue weighted by Gasteiger charge is 2.18. The Morgan fingerprint density at radius 1 is 1.06 bits per heavy atom. The van der Waals surface area contributed by atoms with E-state index in [1.165, 1.54) is 22.9 Å². The lowest BCUT2D eigenvalue weighted by Gasteiger charge is -2.14. The molecule has 0 radical (unpaired) electrons. The SMILES string of the molecule is COc1ccccc1NC(=O)NCc1nnc(SCc2cccc(C)c2)n1-c1ccc(Cl)cc1Cl. The van der Waals surface area contributed by atoms with Crippen molar-refractivity contribution in [3.8, 4) is 11.4 Å². The number of carbonyl (C=O) groups is 1. The Hall–Kier alpha value is -3.20. The first-order chi connectivity index (χ1) is 16.9. The van der Waals surface area contributed by atoms with E-state index in [9.17, 15) is 4.79 Å². The fourth-order valence-corrected chi connectivity index (χ4v) is 4.84. The number of carbonyl (C=O) groups excluding carboxylic acids is 1. The number of ether oxygens (including phenoxy) is 1. The molecule has 180 valence electrons. The summed E-state index contributed by atoms with van der Waals surface area (Å²) in [4.78, 5) is 12.6. The molecule has 4 aromatic rings. The van der Waals surface area contributed by atoms with E-state index < -0.39 is 6.03 Å². The predicted octanol–water partition coefficient (Wildman–Crippen LogP) is 6.51. The zero-order chi connectivity index (χ0) is 24.8. The first-order valence-electron chi connectivity index (χ1n) is 10.7. The van der Waals surface area contributed by atoms with Crippen molar-refractivity contribution < 1.29 is 9.53 Å². The number of thioether (sulfide) groups is 1. The minimum Gasteiger partial charge on any atom is -0.495 e. The van der Waals surface area contributed by atoms with Crippen LogP contribution < -0.4 is 15.4 Å². The van der Waals surface area contributed by atoms with Crippen molar-refractivity contribution >= 4 is 46.7 Å². The number of aryl methyl sites for hydroxylation is 1. The van der Waals surface area contributed by atoms with Gasteiger partial charge < -0.3 is 15.4 Å².